The molecule has 1 saturated heterocycles. The molecular weight excluding hydrogens is 510 g/mol. The number of aliphatic hydroxyl groups excluding tert-OH is 1. The first-order chi connectivity index (χ1) is 18.6. The van der Waals surface area contributed by atoms with Gasteiger partial charge in [-0.3, -0.25) is 19.5 Å². The van der Waals surface area contributed by atoms with Crippen LogP contribution in [-0.4, -0.2) is 81.7 Å². The van der Waals surface area contributed by atoms with Crippen molar-refractivity contribution >= 4 is 29.3 Å². The van der Waals surface area contributed by atoms with Gasteiger partial charge in [-0.2, -0.15) is 0 Å². The molecule has 2 unspecified atom stereocenters. The molecule has 4 heterocycles. The minimum atomic E-state index is -1.23. The highest BCUT2D eigenvalue weighted by atomic mass is 19.1. The number of anilines is 3. The van der Waals surface area contributed by atoms with Crippen LogP contribution in [0.3, 0.4) is 0 Å². The van der Waals surface area contributed by atoms with Crippen molar-refractivity contribution in [2.24, 2.45) is 0 Å². The molecule has 0 aliphatic carbocycles. The maximum atomic E-state index is 13.5. The number of nitrogens with one attached hydrogen (secondary N) is 1. The number of fused-ring (bicyclic) bond motifs is 1. The van der Waals surface area contributed by atoms with E-state index in [1.165, 1.54) is 35.3 Å². The Morgan fingerprint density at radius 1 is 1.10 bits per heavy atom. The lowest BCUT2D eigenvalue weighted by molar-refractivity contribution is -0.119. The fraction of sp³-hybridized carbons (Fsp3) is 0.385. The standard InChI is InChI=1S/C26H30F2N8O3/c1-16(36-15-30-23-22(36)25(38)33(3)26(39)32(23)2)24(37)31-21-5-4-20(13-29-21)35-8-6-34(7-9-35)14-17-10-18(27)12-19(28)11-17/h4-5,10-13,15-16,25,38H,6-9,14H2,1-3H3,(H,29,31,37). The molecule has 2 aromatic heterocycles. The third kappa shape index (κ3) is 5.27. The first-order valence-electron chi connectivity index (χ1n) is 12.6. The van der Waals surface area contributed by atoms with Crippen molar-refractivity contribution in [1.29, 1.82) is 0 Å². The van der Waals surface area contributed by atoms with Crippen LogP contribution in [0.1, 0.15) is 30.5 Å². The molecule has 2 atom stereocenters. The van der Waals surface area contributed by atoms with Crippen LogP contribution in [0.4, 0.5) is 30.9 Å². The van der Waals surface area contributed by atoms with Crippen LogP contribution in [0.2, 0.25) is 0 Å². The van der Waals surface area contributed by atoms with Crippen LogP contribution in [0.5, 0.6) is 0 Å². The van der Waals surface area contributed by atoms with Gasteiger partial charge in [-0.05, 0) is 36.8 Å². The normalized spacial score (nSPS) is 18.8. The Morgan fingerprint density at radius 3 is 2.44 bits per heavy atom. The maximum Gasteiger partial charge on any atom is 0.327 e. The minimum Gasteiger partial charge on any atom is -0.368 e. The highest BCUT2D eigenvalue weighted by Gasteiger charge is 2.38. The number of carbonyl (C=O) groups is 2. The van der Waals surface area contributed by atoms with Gasteiger partial charge in [0.05, 0.1) is 18.2 Å². The summed E-state index contributed by atoms with van der Waals surface area (Å²) in [7, 11) is 3.04. The summed E-state index contributed by atoms with van der Waals surface area (Å²) in [6.45, 7) is 5.05. The second-order valence-electron chi connectivity index (χ2n) is 9.79. The number of piperazine rings is 1. The lowest BCUT2D eigenvalue weighted by atomic mass is 10.2. The molecule has 2 aliphatic rings. The van der Waals surface area contributed by atoms with Crippen molar-refractivity contribution in [3.05, 3.63) is 65.7 Å². The summed E-state index contributed by atoms with van der Waals surface area (Å²) in [5.74, 6) is -0.825. The molecule has 5 rings (SSSR count). The first-order valence-corrected chi connectivity index (χ1v) is 12.6. The number of imidazole rings is 1. The maximum absolute atomic E-state index is 13.5. The first kappa shape index (κ1) is 26.5. The van der Waals surface area contributed by atoms with Crippen molar-refractivity contribution in [3.63, 3.8) is 0 Å². The van der Waals surface area contributed by atoms with E-state index in [-0.39, 0.29) is 5.91 Å². The number of hydrogen-bond acceptors (Lipinski definition) is 7. The number of nitrogens with zero attached hydrogens (tertiary/aromatic N) is 7. The van der Waals surface area contributed by atoms with Crippen molar-refractivity contribution in [2.75, 3.05) is 55.4 Å². The van der Waals surface area contributed by atoms with Crippen molar-refractivity contribution < 1.29 is 23.5 Å². The molecule has 0 radical (unpaired) electrons. The summed E-state index contributed by atoms with van der Waals surface area (Å²) < 4.78 is 28.5. The van der Waals surface area contributed by atoms with Gasteiger partial charge in [0.15, 0.2) is 12.0 Å². The fourth-order valence-electron chi connectivity index (χ4n) is 4.92. The molecule has 206 valence electrons. The largest absolute Gasteiger partial charge is 0.368 e. The van der Waals surface area contributed by atoms with Gasteiger partial charge in [-0.1, -0.05) is 0 Å². The third-order valence-corrected chi connectivity index (χ3v) is 7.19. The highest BCUT2D eigenvalue weighted by Crippen LogP contribution is 2.34. The number of hydrogen-bond donors (Lipinski definition) is 2. The molecule has 2 N–H and O–H groups in total. The second kappa shape index (κ2) is 10.6. The number of amides is 3. The molecule has 3 amide bonds. The van der Waals surface area contributed by atoms with Crippen LogP contribution in [-0.2, 0) is 11.3 Å². The number of urea groups is 1. The predicted octanol–water partition coefficient (Wildman–Crippen LogP) is 2.57. The van der Waals surface area contributed by atoms with Gasteiger partial charge >= 0.3 is 6.03 Å². The minimum absolute atomic E-state index is 0.302. The van der Waals surface area contributed by atoms with Gasteiger partial charge in [-0.25, -0.2) is 23.5 Å². The predicted molar refractivity (Wildman–Crippen MR) is 140 cm³/mol. The van der Waals surface area contributed by atoms with Gasteiger partial charge in [0, 0.05) is 52.9 Å². The summed E-state index contributed by atoms with van der Waals surface area (Å²) in [5, 5.41) is 13.4. The molecule has 11 nitrogen and oxygen atoms in total. The topological polar surface area (TPSA) is 110 Å². The van der Waals surface area contributed by atoms with E-state index in [1.807, 2.05) is 6.07 Å². The summed E-state index contributed by atoms with van der Waals surface area (Å²) >= 11 is 0. The Bertz CT molecular complexity index is 1350. The molecule has 3 aromatic rings. The number of rotatable bonds is 6. The number of carbonyl (C=O) groups excluding carboxylic acids is 2. The molecule has 39 heavy (non-hydrogen) atoms. The molecular formula is C26H30F2N8O3. The molecule has 0 bridgehead atoms. The van der Waals surface area contributed by atoms with Gasteiger partial charge in [0.2, 0.25) is 5.91 Å². The van der Waals surface area contributed by atoms with E-state index in [1.54, 1.807) is 30.8 Å². The summed E-state index contributed by atoms with van der Waals surface area (Å²) in [6.07, 6.45) is 1.90. The van der Waals surface area contributed by atoms with Crippen molar-refractivity contribution in [1.82, 2.24) is 24.3 Å². The monoisotopic (exact) mass is 540 g/mol. The van der Waals surface area contributed by atoms with E-state index < -0.39 is 29.9 Å². The molecule has 13 heteroatoms. The summed E-state index contributed by atoms with van der Waals surface area (Å²) in [6, 6.07) is 6.06. The molecule has 1 fully saturated rings. The zero-order valence-electron chi connectivity index (χ0n) is 21.9. The van der Waals surface area contributed by atoms with E-state index in [9.17, 15) is 23.5 Å². The molecule has 1 aromatic carbocycles. The van der Waals surface area contributed by atoms with Gasteiger partial charge in [-0.15, -0.1) is 0 Å². The number of pyridine rings is 1. The van der Waals surface area contributed by atoms with Crippen LogP contribution < -0.4 is 15.1 Å². The quantitative estimate of drug-likeness (QED) is 0.495. The van der Waals surface area contributed by atoms with Gasteiger partial charge < -0.3 is 19.9 Å². The zero-order valence-corrected chi connectivity index (χ0v) is 21.9. The Morgan fingerprint density at radius 2 is 1.79 bits per heavy atom. The number of halogens is 2. The molecule has 0 spiro atoms. The number of benzene rings is 1. The lowest BCUT2D eigenvalue weighted by Crippen LogP contribution is -2.46. The van der Waals surface area contributed by atoms with Crippen LogP contribution in [0, 0.1) is 11.6 Å². The SMILES string of the molecule is CC(C(=O)Nc1ccc(N2CCN(Cc3cc(F)cc(F)c3)CC2)cn1)n1cnc2c1C(O)N(C)C(=O)N2C. The zero-order chi connectivity index (χ0) is 27.8. The molecule has 2 aliphatic heterocycles. The Labute approximate surface area is 224 Å². The Hall–Kier alpha value is -4.10. The lowest BCUT2D eigenvalue weighted by Gasteiger charge is -2.36. The van der Waals surface area contributed by atoms with Crippen LogP contribution in [0.15, 0.2) is 42.9 Å². The highest BCUT2D eigenvalue weighted by molar-refractivity contribution is 5.95. The van der Waals surface area contributed by atoms with Gasteiger partial charge in [0.1, 0.15) is 29.2 Å². The smallest absolute Gasteiger partial charge is 0.327 e. The Balaban J connectivity index is 1.18. The fourth-order valence-corrected chi connectivity index (χ4v) is 4.92. The van der Waals surface area contributed by atoms with Crippen molar-refractivity contribution in [3.8, 4) is 0 Å². The van der Waals surface area contributed by atoms with Gasteiger partial charge in [0.25, 0.3) is 0 Å². The van der Waals surface area contributed by atoms with E-state index in [4.69, 9.17) is 0 Å². The summed E-state index contributed by atoms with van der Waals surface area (Å²) in [4.78, 5) is 40.7. The molecule has 0 saturated carbocycles. The van der Waals surface area contributed by atoms with E-state index in [2.05, 4.69) is 25.1 Å². The number of aliphatic hydroxyl groups is 1. The van der Waals surface area contributed by atoms with Crippen molar-refractivity contribution in [2.45, 2.75) is 25.7 Å². The van der Waals surface area contributed by atoms with E-state index >= 15 is 0 Å². The summed E-state index contributed by atoms with van der Waals surface area (Å²) in [5.41, 5.74) is 1.86. The second-order valence-corrected chi connectivity index (χ2v) is 9.79. The Kier molecular flexibility index (Phi) is 7.19. The third-order valence-electron chi connectivity index (χ3n) is 7.19. The van der Waals surface area contributed by atoms with E-state index in [0.717, 1.165) is 37.9 Å². The average molecular weight is 541 g/mol. The average Bonchev–Trinajstić information content (AvgIpc) is 3.36. The number of aromatic nitrogens is 3. The van der Waals surface area contributed by atoms with E-state index in [0.29, 0.717) is 29.4 Å². The van der Waals surface area contributed by atoms with Crippen LogP contribution >= 0.6 is 0 Å². The van der Waals surface area contributed by atoms with Crippen LogP contribution in [0.25, 0.3) is 0 Å².